The van der Waals surface area contributed by atoms with Gasteiger partial charge in [-0.05, 0) is 38.0 Å². The van der Waals surface area contributed by atoms with Gasteiger partial charge in [0.15, 0.2) is 6.10 Å². The zero-order valence-electron chi connectivity index (χ0n) is 18.1. The van der Waals surface area contributed by atoms with Crippen molar-refractivity contribution in [1.29, 1.82) is 0 Å². The standard InChI is InChI=1S/C22H18Cl2F4N4O3/c1-11(22(26,27)28)35-17-10-16(32-21(34)31-8-3-2-7-18(31)30-32)15(25)9-12(17)20(33)29-19-13(23)5-4-6-14(19)24/h4-6,9-11H,2-3,7-8H2,1H3,(H,29,33)/t11-/m0/s1. The number of alkyl halides is 3. The van der Waals surface area contributed by atoms with E-state index >= 15 is 4.39 Å². The number of aromatic nitrogens is 3. The van der Waals surface area contributed by atoms with Crippen molar-refractivity contribution in [1.82, 2.24) is 14.3 Å². The van der Waals surface area contributed by atoms with Crippen LogP contribution in [0.15, 0.2) is 35.1 Å². The molecule has 1 amide bonds. The normalized spacial score (nSPS) is 14.4. The number of hydrogen-bond acceptors (Lipinski definition) is 4. The summed E-state index contributed by atoms with van der Waals surface area (Å²) in [4.78, 5) is 25.7. The van der Waals surface area contributed by atoms with Crippen LogP contribution in [-0.4, -0.2) is 32.5 Å². The van der Waals surface area contributed by atoms with Gasteiger partial charge in [-0.2, -0.15) is 17.9 Å². The van der Waals surface area contributed by atoms with E-state index in [0.29, 0.717) is 24.9 Å². The Labute approximate surface area is 206 Å². The molecule has 3 aromatic rings. The third-order valence-electron chi connectivity index (χ3n) is 5.46. The molecule has 13 heteroatoms. The van der Waals surface area contributed by atoms with Gasteiger partial charge < -0.3 is 10.1 Å². The first-order valence-electron chi connectivity index (χ1n) is 10.5. The van der Waals surface area contributed by atoms with Gasteiger partial charge in [-0.3, -0.25) is 9.36 Å². The van der Waals surface area contributed by atoms with E-state index in [2.05, 4.69) is 10.4 Å². The van der Waals surface area contributed by atoms with E-state index in [1.54, 1.807) is 0 Å². The number of carbonyl (C=O) groups excluding carboxylic acids is 1. The number of hydrogen-bond donors (Lipinski definition) is 1. The lowest BCUT2D eigenvalue weighted by molar-refractivity contribution is -0.189. The van der Waals surface area contributed by atoms with Gasteiger partial charge in [0.25, 0.3) is 5.91 Å². The molecule has 186 valence electrons. The van der Waals surface area contributed by atoms with Crippen LogP contribution in [-0.2, 0) is 13.0 Å². The number of carbonyl (C=O) groups is 1. The largest absolute Gasteiger partial charge is 0.480 e. The summed E-state index contributed by atoms with van der Waals surface area (Å²) in [6.45, 7) is 1.13. The molecule has 2 heterocycles. The average molecular weight is 533 g/mol. The zero-order valence-corrected chi connectivity index (χ0v) is 19.6. The van der Waals surface area contributed by atoms with E-state index in [1.807, 2.05) is 0 Å². The van der Waals surface area contributed by atoms with Crippen LogP contribution in [0.4, 0.5) is 23.2 Å². The summed E-state index contributed by atoms with van der Waals surface area (Å²) in [5.41, 5.74) is -1.67. The molecule has 0 spiro atoms. The maximum Gasteiger partial charge on any atom is 0.425 e. The number of rotatable bonds is 5. The van der Waals surface area contributed by atoms with E-state index < -0.39 is 46.7 Å². The molecule has 4 rings (SSSR count). The van der Waals surface area contributed by atoms with Crippen molar-refractivity contribution in [2.75, 3.05) is 5.32 Å². The fourth-order valence-electron chi connectivity index (χ4n) is 3.59. The second-order valence-corrected chi connectivity index (χ2v) is 8.69. The van der Waals surface area contributed by atoms with Gasteiger partial charge in [0.05, 0.1) is 21.3 Å². The Balaban J connectivity index is 1.81. The number of halogens is 6. The van der Waals surface area contributed by atoms with Crippen LogP contribution >= 0.6 is 23.2 Å². The summed E-state index contributed by atoms with van der Waals surface area (Å²) >= 11 is 12.1. The summed E-state index contributed by atoms with van der Waals surface area (Å²) in [5, 5.41) is 6.61. The molecule has 0 fully saturated rings. The number of anilines is 1. The van der Waals surface area contributed by atoms with Gasteiger partial charge in [0.1, 0.15) is 23.1 Å². The van der Waals surface area contributed by atoms with Crippen LogP contribution in [0.2, 0.25) is 10.0 Å². The molecule has 0 radical (unpaired) electrons. The summed E-state index contributed by atoms with van der Waals surface area (Å²) in [7, 11) is 0. The SMILES string of the molecule is C[C@H](Oc1cc(-n2nc3n(c2=O)CCCC3)c(F)cc1C(=O)Nc1c(Cl)cccc1Cl)C(F)(F)F. The van der Waals surface area contributed by atoms with E-state index in [4.69, 9.17) is 27.9 Å². The minimum absolute atomic E-state index is 0.0156. The van der Waals surface area contributed by atoms with E-state index in [1.165, 1.54) is 22.8 Å². The maximum absolute atomic E-state index is 15.2. The fraction of sp³-hybridized carbons (Fsp3) is 0.318. The van der Waals surface area contributed by atoms with Crippen molar-refractivity contribution in [3.8, 4) is 11.4 Å². The monoisotopic (exact) mass is 532 g/mol. The highest BCUT2D eigenvalue weighted by molar-refractivity contribution is 6.40. The Hall–Kier alpha value is -3.05. The van der Waals surface area contributed by atoms with E-state index in [-0.39, 0.29) is 15.7 Å². The molecule has 1 N–H and O–H groups in total. The van der Waals surface area contributed by atoms with Gasteiger partial charge in [0, 0.05) is 19.0 Å². The highest BCUT2D eigenvalue weighted by atomic mass is 35.5. The van der Waals surface area contributed by atoms with Gasteiger partial charge in [0.2, 0.25) is 0 Å². The Morgan fingerprint density at radius 3 is 2.51 bits per heavy atom. The highest BCUT2D eigenvalue weighted by Gasteiger charge is 2.39. The van der Waals surface area contributed by atoms with Gasteiger partial charge in [-0.25, -0.2) is 9.18 Å². The van der Waals surface area contributed by atoms with Crippen LogP contribution in [0.3, 0.4) is 0 Å². The van der Waals surface area contributed by atoms with Crippen molar-refractivity contribution in [2.45, 2.75) is 45.0 Å². The van der Waals surface area contributed by atoms with Crippen molar-refractivity contribution >= 4 is 34.8 Å². The fourth-order valence-corrected chi connectivity index (χ4v) is 4.08. The average Bonchev–Trinajstić information content (AvgIpc) is 3.13. The Kier molecular flexibility index (Phi) is 6.83. The Morgan fingerprint density at radius 2 is 1.89 bits per heavy atom. The molecule has 1 aliphatic heterocycles. The molecule has 2 aromatic carbocycles. The predicted octanol–water partition coefficient (Wildman–Crippen LogP) is 5.40. The molecule has 0 bridgehead atoms. The number of ether oxygens (including phenoxy) is 1. The number of fused-ring (bicyclic) bond motifs is 1. The number of aryl methyl sites for hydroxylation is 1. The van der Waals surface area contributed by atoms with Crippen LogP contribution in [0.25, 0.3) is 5.69 Å². The Bertz CT molecular complexity index is 1330. The van der Waals surface area contributed by atoms with Crippen LogP contribution in [0.5, 0.6) is 5.75 Å². The third-order valence-corrected chi connectivity index (χ3v) is 6.09. The molecule has 1 aliphatic rings. The molecule has 0 aliphatic carbocycles. The van der Waals surface area contributed by atoms with Gasteiger partial charge in [-0.1, -0.05) is 29.3 Å². The van der Waals surface area contributed by atoms with Crippen molar-refractivity contribution in [2.24, 2.45) is 0 Å². The highest BCUT2D eigenvalue weighted by Crippen LogP contribution is 2.34. The molecule has 1 aromatic heterocycles. The summed E-state index contributed by atoms with van der Waals surface area (Å²) < 4.78 is 62.0. The first-order chi connectivity index (χ1) is 16.5. The zero-order chi connectivity index (χ0) is 25.5. The van der Waals surface area contributed by atoms with Crippen molar-refractivity contribution < 1.29 is 27.1 Å². The summed E-state index contributed by atoms with van der Waals surface area (Å²) in [6.07, 6.45) is -5.10. The molecule has 7 nitrogen and oxygen atoms in total. The molecular weight excluding hydrogens is 515 g/mol. The molecular formula is C22H18Cl2F4N4O3. The Morgan fingerprint density at radius 1 is 1.20 bits per heavy atom. The number of benzene rings is 2. The van der Waals surface area contributed by atoms with Crippen LogP contribution in [0, 0.1) is 5.82 Å². The topological polar surface area (TPSA) is 78.2 Å². The van der Waals surface area contributed by atoms with Crippen molar-refractivity contribution in [3.05, 3.63) is 68.1 Å². The maximum atomic E-state index is 15.2. The number of nitrogens with zero attached hydrogens (tertiary/aromatic N) is 3. The summed E-state index contributed by atoms with van der Waals surface area (Å²) in [6, 6.07) is 5.92. The van der Waals surface area contributed by atoms with Crippen LogP contribution < -0.4 is 15.7 Å². The lowest BCUT2D eigenvalue weighted by Crippen LogP contribution is -2.32. The first kappa shape index (κ1) is 25.1. The number of nitrogens with one attached hydrogen (secondary N) is 1. The second-order valence-electron chi connectivity index (χ2n) is 7.87. The lowest BCUT2D eigenvalue weighted by atomic mass is 10.1. The first-order valence-corrected chi connectivity index (χ1v) is 11.2. The van der Waals surface area contributed by atoms with Crippen molar-refractivity contribution in [3.63, 3.8) is 0 Å². The minimum Gasteiger partial charge on any atom is -0.480 e. The molecule has 0 saturated carbocycles. The van der Waals surface area contributed by atoms with Crippen LogP contribution in [0.1, 0.15) is 35.9 Å². The molecule has 0 unspecified atom stereocenters. The van der Waals surface area contributed by atoms with Gasteiger partial charge in [-0.15, -0.1) is 5.10 Å². The quantitative estimate of drug-likeness (QED) is 0.446. The molecule has 35 heavy (non-hydrogen) atoms. The molecule has 0 saturated heterocycles. The lowest BCUT2D eigenvalue weighted by Gasteiger charge is -2.20. The minimum atomic E-state index is -4.78. The summed E-state index contributed by atoms with van der Waals surface area (Å²) in [5.74, 6) is -2.26. The number of amides is 1. The predicted molar refractivity (Wildman–Crippen MR) is 121 cm³/mol. The third kappa shape index (κ3) is 5.01. The molecule has 1 atom stereocenters. The smallest absolute Gasteiger partial charge is 0.425 e. The van der Waals surface area contributed by atoms with E-state index in [9.17, 15) is 22.8 Å². The van der Waals surface area contributed by atoms with E-state index in [0.717, 1.165) is 30.5 Å². The second kappa shape index (κ2) is 9.54. The number of para-hydroxylation sites is 1. The van der Waals surface area contributed by atoms with Gasteiger partial charge >= 0.3 is 11.9 Å².